The van der Waals surface area contributed by atoms with Gasteiger partial charge in [0, 0.05) is 38.9 Å². The van der Waals surface area contributed by atoms with Crippen LogP contribution in [0.5, 0.6) is 0 Å². The molecule has 1 aliphatic rings. The van der Waals surface area contributed by atoms with E-state index in [2.05, 4.69) is 43.3 Å². The maximum absolute atomic E-state index is 13.1. The maximum Gasteiger partial charge on any atom is 0.329 e. The minimum Gasteiger partial charge on any atom is -0.340 e. The zero-order valence-corrected chi connectivity index (χ0v) is 22.0. The fraction of sp³-hybridized carbons (Fsp3) is 0.138. The standard InChI is InChI=1S/C29H25BrN4O3/c1-18-6-5-7-22(14-18)31-27(35)17-34-28(36)25(32-29(34)37)15-24-19(2)33(26-9-4-3-8-23(24)26)16-20-10-12-21(30)13-11-20/h3-15H,16-17H2,1-2H3,(H,31,35)(H,32,37)/b25-15+. The number of halogens is 1. The van der Waals surface area contributed by atoms with E-state index in [0.29, 0.717) is 12.2 Å². The number of aromatic nitrogens is 1. The van der Waals surface area contributed by atoms with Gasteiger partial charge in [0.2, 0.25) is 5.91 Å². The van der Waals surface area contributed by atoms with E-state index in [9.17, 15) is 14.4 Å². The Kier molecular flexibility index (Phi) is 6.67. The lowest BCUT2D eigenvalue weighted by Crippen LogP contribution is -2.38. The molecule has 0 radical (unpaired) electrons. The number of aryl methyl sites for hydroxylation is 1. The molecular formula is C29H25BrN4O3. The minimum absolute atomic E-state index is 0.142. The van der Waals surface area contributed by atoms with Crippen LogP contribution in [-0.2, 0) is 16.1 Å². The summed E-state index contributed by atoms with van der Waals surface area (Å²) in [5.41, 5.74) is 5.73. The number of anilines is 1. The number of nitrogens with one attached hydrogen (secondary N) is 2. The van der Waals surface area contributed by atoms with Crippen LogP contribution in [0.2, 0.25) is 0 Å². The molecule has 0 saturated carbocycles. The Labute approximate surface area is 222 Å². The summed E-state index contributed by atoms with van der Waals surface area (Å²) < 4.78 is 3.21. The molecule has 0 atom stereocenters. The first-order valence-electron chi connectivity index (χ1n) is 11.8. The van der Waals surface area contributed by atoms with Crippen molar-refractivity contribution in [3.63, 3.8) is 0 Å². The van der Waals surface area contributed by atoms with E-state index < -0.39 is 17.8 Å². The van der Waals surface area contributed by atoms with Crippen molar-refractivity contribution in [1.82, 2.24) is 14.8 Å². The lowest BCUT2D eigenvalue weighted by molar-refractivity contribution is -0.127. The molecule has 0 aliphatic carbocycles. The van der Waals surface area contributed by atoms with Crippen molar-refractivity contribution in [2.24, 2.45) is 0 Å². The van der Waals surface area contributed by atoms with E-state index in [0.717, 1.165) is 42.7 Å². The molecule has 37 heavy (non-hydrogen) atoms. The fourth-order valence-electron chi connectivity index (χ4n) is 4.54. The Morgan fingerprint density at radius 1 is 1.00 bits per heavy atom. The molecule has 0 unspecified atom stereocenters. The normalized spacial score (nSPS) is 14.5. The molecule has 5 rings (SSSR count). The molecule has 1 saturated heterocycles. The van der Waals surface area contributed by atoms with Crippen LogP contribution in [0.3, 0.4) is 0 Å². The average molecular weight is 557 g/mol. The topological polar surface area (TPSA) is 83.4 Å². The van der Waals surface area contributed by atoms with Crippen LogP contribution in [0.25, 0.3) is 17.0 Å². The number of benzene rings is 3. The highest BCUT2D eigenvalue weighted by molar-refractivity contribution is 9.10. The number of carbonyl (C=O) groups excluding carboxylic acids is 3. The van der Waals surface area contributed by atoms with Crippen LogP contribution in [-0.4, -0.2) is 33.9 Å². The molecule has 7 nitrogen and oxygen atoms in total. The van der Waals surface area contributed by atoms with Gasteiger partial charge >= 0.3 is 6.03 Å². The molecule has 0 spiro atoms. The summed E-state index contributed by atoms with van der Waals surface area (Å²) >= 11 is 3.48. The quantitative estimate of drug-likeness (QED) is 0.239. The van der Waals surface area contributed by atoms with Crippen molar-refractivity contribution in [3.8, 4) is 0 Å². The van der Waals surface area contributed by atoms with E-state index in [1.165, 1.54) is 0 Å². The Morgan fingerprint density at radius 3 is 2.51 bits per heavy atom. The highest BCUT2D eigenvalue weighted by Crippen LogP contribution is 2.29. The third-order valence-corrected chi connectivity index (χ3v) is 6.92. The molecule has 186 valence electrons. The van der Waals surface area contributed by atoms with Crippen molar-refractivity contribution in [2.45, 2.75) is 20.4 Å². The smallest absolute Gasteiger partial charge is 0.329 e. The van der Waals surface area contributed by atoms with Crippen molar-refractivity contribution in [1.29, 1.82) is 0 Å². The molecule has 2 heterocycles. The van der Waals surface area contributed by atoms with Crippen molar-refractivity contribution in [2.75, 3.05) is 11.9 Å². The van der Waals surface area contributed by atoms with Crippen LogP contribution in [0.1, 0.15) is 22.4 Å². The molecule has 8 heteroatoms. The maximum atomic E-state index is 13.1. The molecule has 3 aromatic carbocycles. The SMILES string of the molecule is Cc1cccc(NC(=O)CN2C(=O)N/C(=C/c3c(C)n(Cc4ccc(Br)cc4)c4ccccc34)C2=O)c1. The van der Waals surface area contributed by atoms with E-state index >= 15 is 0 Å². The lowest BCUT2D eigenvalue weighted by Gasteiger charge is -2.12. The van der Waals surface area contributed by atoms with Crippen LogP contribution in [0.4, 0.5) is 10.5 Å². The Balaban J connectivity index is 1.41. The molecule has 1 aromatic heterocycles. The third kappa shape index (κ3) is 5.06. The van der Waals surface area contributed by atoms with E-state index in [4.69, 9.17) is 0 Å². The number of nitrogens with zero attached hydrogens (tertiary/aromatic N) is 2. The molecule has 1 fully saturated rings. The zero-order valence-electron chi connectivity index (χ0n) is 20.4. The average Bonchev–Trinajstić information content (AvgIpc) is 3.28. The first-order chi connectivity index (χ1) is 17.8. The van der Waals surface area contributed by atoms with Crippen LogP contribution < -0.4 is 10.6 Å². The van der Waals surface area contributed by atoms with Gasteiger partial charge < -0.3 is 15.2 Å². The van der Waals surface area contributed by atoms with Gasteiger partial charge in [0.15, 0.2) is 0 Å². The van der Waals surface area contributed by atoms with Gasteiger partial charge in [-0.2, -0.15) is 0 Å². The first kappa shape index (κ1) is 24.5. The second-order valence-electron chi connectivity index (χ2n) is 9.03. The summed E-state index contributed by atoms with van der Waals surface area (Å²) in [5.74, 6) is -0.980. The lowest BCUT2D eigenvalue weighted by atomic mass is 10.1. The number of para-hydroxylation sites is 1. The first-order valence-corrected chi connectivity index (χ1v) is 12.6. The number of fused-ring (bicyclic) bond motifs is 1. The molecule has 4 aromatic rings. The second kappa shape index (κ2) is 10.1. The van der Waals surface area contributed by atoms with Crippen LogP contribution >= 0.6 is 15.9 Å². The molecule has 1 aliphatic heterocycles. The summed E-state index contributed by atoms with van der Waals surface area (Å²) in [6.45, 7) is 4.20. The summed E-state index contributed by atoms with van der Waals surface area (Å²) in [6, 6.07) is 22.8. The Morgan fingerprint density at radius 2 is 1.76 bits per heavy atom. The van der Waals surface area contributed by atoms with Gasteiger partial charge in [-0.15, -0.1) is 0 Å². The van der Waals surface area contributed by atoms with Gasteiger partial charge in [0.05, 0.1) is 0 Å². The molecule has 0 bridgehead atoms. The summed E-state index contributed by atoms with van der Waals surface area (Å²) in [6.07, 6.45) is 1.70. The highest BCUT2D eigenvalue weighted by atomic mass is 79.9. The summed E-state index contributed by atoms with van der Waals surface area (Å²) in [4.78, 5) is 39.2. The Hall–Kier alpha value is -4.17. The van der Waals surface area contributed by atoms with Gasteiger partial charge in [0.1, 0.15) is 12.2 Å². The number of carbonyl (C=O) groups is 3. The fourth-order valence-corrected chi connectivity index (χ4v) is 4.81. The van der Waals surface area contributed by atoms with Crippen LogP contribution in [0, 0.1) is 13.8 Å². The van der Waals surface area contributed by atoms with E-state index in [1.807, 2.05) is 68.4 Å². The Bertz CT molecular complexity index is 1570. The largest absolute Gasteiger partial charge is 0.340 e. The third-order valence-electron chi connectivity index (χ3n) is 6.39. The van der Waals surface area contributed by atoms with Gasteiger partial charge in [-0.05, 0) is 61.4 Å². The predicted octanol–water partition coefficient (Wildman–Crippen LogP) is 5.60. The number of hydrogen-bond donors (Lipinski definition) is 2. The summed E-state index contributed by atoms with van der Waals surface area (Å²) in [5, 5.41) is 6.36. The van der Waals surface area contributed by atoms with Crippen molar-refractivity contribution < 1.29 is 14.4 Å². The van der Waals surface area contributed by atoms with E-state index in [-0.39, 0.29) is 12.2 Å². The highest BCUT2D eigenvalue weighted by Gasteiger charge is 2.35. The monoisotopic (exact) mass is 556 g/mol. The van der Waals surface area contributed by atoms with Crippen molar-refractivity contribution >= 4 is 56.4 Å². The van der Waals surface area contributed by atoms with Gasteiger partial charge in [-0.1, -0.05) is 58.4 Å². The number of hydrogen-bond acceptors (Lipinski definition) is 3. The number of rotatable bonds is 6. The summed E-state index contributed by atoms with van der Waals surface area (Å²) in [7, 11) is 0. The van der Waals surface area contributed by atoms with Gasteiger partial charge in [-0.3, -0.25) is 9.59 Å². The van der Waals surface area contributed by atoms with Crippen LogP contribution in [0.15, 0.2) is 83.0 Å². The molecule has 4 amide bonds. The van der Waals surface area contributed by atoms with Gasteiger partial charge in [-0.25, -0.2) is 9.69 Å². The number of amides is 4. The van der Waals surface area contributed by atoms with E-state index in [1.54, 1.807) is 12.1 Å². The zero-order chi connectivity index (χ0) is 26.1. The number of imide groups is 1. The number of urea groups is 1. The van der Waals surface area contributed by atoms with Crippen molar-refractivity contribution in [3.05, 3.63) is 105 Å². The predicted molar refractivity (Wildman–Crippen MR) is 148 cm³/mol. The molecular weight excluding hydrogens is 532 g/mol. The molecule has 2 N–H and O–H groups in total. The minimum atomic E-state index is -0.619. The van der Waals surface area contributed by atoms with Gasteiger partial charge in [0.25, 0.3) is 5.91 Å². The second-order valence-corrected chi connectivity index (χ2v) is 9.94.